The molecular weight excluding hydrogens is 322 g/mol. The van der Waals surface area contributed by atoms with Gasteiger partial charge in [-0.2, -0.15) is 0 Å². The zero-order valence-corrected chi connectivity index (χ0v) is 15.2. The van der Waals surface area contributed by atoms with E-state index in [4.69, 9.17) is 4.74 Å². The Morgan fingerprint density at radius 1 is 1.08 bits per heavy atom. The van der Waals surface area contributed by atoms with Crippen LogP contribution in [0.1, 0.15) is 34.1 Å². The standard InChI is InChI=1S/C18H27N3O4/c1-5-11-19-16(22)13(4)25-17(23)15(12(2)3)21-18(24)20-14-9-7-6-8-10-14/h6-10,12-13,15H,5,11H2,1-4H3,(H,19,22)(H2,20,21,24)/t13-,15+/m1/s1. The van der Waals surface area contributed by atoms with E-state index < -0.39 is 24.1 Å². The van der Waals surface area contributed by atoms with E-state index in [-0.39, 0.29) is 11.8 Å². The van der Waals surface area contributed by atoms with E-state index in [9.17, 15) is 14.4 Å². The van der Waals surface area contributed by atoms with Gasteiger partial charge in [-0.05, 0) is 31.4 Å². The van der Waals surface area contributed by atoms with E-state index in [2.05, 4.69) is 16.0 Å². The maximum Gasteiger partial charge on any atom is 0.329 e. The summed E-state index contributed by atoms with van der Waals surface area (Å²) in [5, 5.41) is 7.91. The van der Waals surface area contributed by atoms with Gasteiger partial charge in [0.15, 0.2) is 6.10 Å². The van der Waals surface area contributed by atoms with Crippen LogP contribution in [-0.2, 0) is 14.3 Å². The molecule has 0 aliphatic carbocycles. The van der Waals surface area contributed by atoms with E-state index in [0.717, 1.165) is 6.42 Å². The van der Waals surface area contributed by atoms with Gasteiger partial charge in [-0.3, -0.25) is 4.79 Å². The van der Waals surface area contributed by atoms with Gasteiger partial charge in [-0.15, -0.1) is 0 Å². The van der Waals surface area contributed by atoms with E-state index in [1.54, 1.807) is 38.1 Å². The normalized spacial score (nSPS) is 12.8. The minimum atomic E-state index is -0.917. The number of anilines is 1. The van der Waals surface area contributed by atoms with Crippen molar-refractivity contribution in [1.82, 2.24) is 10.6 Å². The first kappa shape index (κ1) is 20.5. The Hall–Kier alpha value is -2.57. The maximum absolute atomic E-state index is 12.3. The van der Waals surface area contributed by atoms with Crippen LogP contribution in [0.2, 0.25) is 0 Å². The number of benzene rings is 1. The lowest BCUT2D eigenvalue weighted by Gasteiger charge is -2.23. The molecule has 0 fully saturated rings. The minimum Gasteiger partial charge on any atom is -0.451 e. The van der Waals surface area contributed by atoms with Crippen LogP contribution in [0, 0.1) is 5.92 Å². The highest BCUT2D eigenvalue weighted by Gasteiger charge is 2.28. The lowest BCUT2D eigenvalue weighted by Crippen LogP contribution is -2.49. The zero-order chi connectivity index (χ0) is 18.8. The summed E-state index contributed by atoms with van der Waals surface area (Å²) in [6, 6.07) is 7.53. The summed E-state index contributed by atoms with van der Waals surface area (Å²) in [5.74, 6) is -1.19. The molecule has 3 amide bonds. The number of para-hydroxylation sites is 1. The number of carbonyl (C=O) groups excluding carboxylic acids is 3. The van der Waals surface area contributed by atoms with Gasteiger partial charge in [0, 0.05) is 12.2 Å². The van der Waals surface area contributed by atoms with Crippen molar-refractivity contribution in [3.63, 3.8) is 0 Å². The van der Waals surface area contributed by atoms with Gasteiger partial charge in [0.25, 0.3) is 5.91 Å². The van der Waals surface area contributed by atoms with Gasteiger partial charge < -0.3 is 20.7 Å². The summed E-state index contributed by atoms with van der Waals surface area (Å²) in [6.07, 6.45) is -0.123. The average molecular weight is 349 g/mol. The summed E-state index contributed by atoms with van der Waals surface area (Å²) in [7, 11) is 0. The molecule has 138 valence electrons. The number of nitrogens with one attached hydrogen (secondary N) is 3. The zero-order valence-electron chi connectivity index (χ0n) is 15.2. The van der Waals surface area contributed by atoms with Gasteiger partial charge in [-0.1, -0.05) is 39.0 Å². The van der Waals surface area contributed by atoms with Gasteiger partial charge in [0.05, 0.1) is 0 Å². The average Bonchev–Trinajstić information content (AvgIpc) is 2.57. The Morgan fingerprint density at radius 3 is 2.28 bits per heavy atom. The molecule has 1 rings (SSSR count). The number of esters is 1. The number of hydrogen-bond acceptors (Lipinski definition) is 4. The third-order valence-corrected chi connectivity index (χ3v) is 3.45. The summed E-state index contributed by atoms with van der Waals surface area (Å²) < 4.78 is 5.19. The van der Waals surface area contributed by atoms with E-state index >= 15 is 0 Å². The van der Waals surface area contributed by atoms with Crippen molar-refractivity contribution in [2.24, 2.45) is 5.92 Å². The second-order valence-corrected chi connectivity index (χ2v) is 6.06. The number of hydrogen-bond donors (Lipinski definition) is 3. The molecule has 25 heavy (non-hydrogen) atoms. The van der Waals surface area contributed by atoms with Crippen LogP contribution < -0.4 is 16.0 Å². The van der Waals surface area contributed by atoms with Gasteiger partial charge in [0.2, 0.25) is 0 Å². The number of amides is 3. The molecule has 0 heterocycles. The molecule has 3 N–H and O–H groups in total. The topological polar surface area (TPSA) is 96.5 Å². The van der Waals surface area contributed by atoms with Crippen molar-refractivity contribution in [3.05, 3.63) is 30.3 Å². The fourth-order valence-electron chi connectivity index (χ4n) is 2.02. The molecule has 0 aromatic heterocycles. The van der Waals surface area contributed by atoms with E-state index in [1.165, 1.54) is 6.92 Å². The van der Waals surface area contributed by atoms with Crippen LogP contribution in [0.5, 0.6) is 0 Å². The van der Waals surface area contributed by atoms with Crippen LogP contribution in [-0.4, -0.2) is 36.6 Å². The molecule has 7 heteroatoms. The number of urea groups is 1. The third kappa shape index (κ3) is 7.24. The summed E-state index contributed by atoms with van der Waals surface area (Å²) in [4.78, 5) is 36.2. The Morgan fingerprint density at radius 2 is 1.72 bits per heavy atom. The third-order valence-electron chi connectivity index (χ3n) is 3.45. The molecule has 0 saturated heterocycles. The molecule has 7 nitrogen and oxygen atoms in total. The molecule has 0 unspecified atom stereocenters. The molecule has 2 atom stereocenters. The number of ether oxygens (including phenoxy) is 1. The van der Waals surface area contributed by atoms with Crippen LogP contribution in [0.15, 0.2) is 30.3 Å². The smallest absolute Gasteiger partial charge is 0.329 e. The van der Waals surface area contributed by atoms with E-state index in [1.807, 2.05) is 13.0 Å². The molecule has 0 radical (unpaired) electrons. The predicted molar refractivity (Wildman–Crippen MR) is 96.1 cm³/mol. The van der Waals surface area contributed by atoms with Crippen molar-refractivity contribution in [3.8, 4) is 0 Å². The number of carbonyl (C=O) groups is 3. The molecule has 0 saturated carbocycles. The van der Waals surface area contributed by atoms with Crippen LogP contribution >= 0.6 is 0 Å². The van der Waals surface area contributed by atoms with Crippen LogP contribution in [0.4, 0.5) is 10.5 Å². The summed E-state index contributed by atoms with van der Waals surface area (Å²) >= 11 is 0. The molecular formula is C18H27N3O4. The van der Waals surface area contributed by atoms with Crippen molar-refractivity contribution in [2.45, 2.75) is 46.3 Å². The molecule has 0 aliphatic heterocycles. The van der Waals surface area contributed by atoms with Gasteiger partial charge in [0.1, 0.15) is 6.04 Å². The SMILES string of the molecule is CCCNC(=O)[C@@H](C)OC(=O)[C@@H](NC(=O)Nc1ccccc1)C(C)C. The van der Waals surface area contributed by atoms with Crippen molar-refractivity contribution < 1.29 is 19.1 Å². The van der Waals surface area contributed by atoms with Gasteiger partial charge in [-0.25, -0.2) is 9.59 Å². The Labute approximate surface area is 148 Å². The predicted octanol–water partition coefficient (Wildman–Crippen LogP) is 2.29. The summed E-state index contributed by atoms with van der Waals surface area (Å²) in [6.45, 7) is 7.53. The summed E-state index contributed by atoms with van der Waals surface area (Å²) in [5.41, 5.74) is 0.614. The second kappa shape index (κ2) is 10.3. The fraction of sp³-hybridized carbons (Fsp3) is 0.500. The lowest BCUT2D eigenvalue weighted by molar-refractivity contribution is -0.157. The quantitative estimate of drug-likeness (QED) is 0.627. The fourth-order valence-corrected chi connectivity index (χ4v) is 2.02. The second-order valence-electron chi connectivity index (χ2n) is 6.06. The first-order chi connectivity index (χ1) is 11.8. The number of rotatable bonds is 8. The Kier molecular flexibility index (Phi) is 8.46. The monoisotopic (exact) mass is 349 g/mol. The lowest BCUT2D eigenvalue weighted by atomic mass is 10.0. The molecule has 1 aromatic rings. The van der Waals surface area contributed by atoms with Crippen molar-refractivity contribution in [1.29, 1.82) is 0 Å². The maximum atomic E-state index is 12.3. The highest BCUT2D eigenvalue weighted by molar-refractivity contribution is 5.93. The van der Waals surface area contributed by atoms with Crippen molar-refractivity contribution in [2.75, 3.05) is 11.9 Å². The largest absolute Gasteiger partial charge is 0.451 e. The van der Waals surface area contributed by atoms with E-state index in [0.29, 0.717) is 12.2 Å². The van der Waals surface area contributed by atoms with Crippen molar-refractivity contribution >= 4 is 23.6 Å². The molecule has 1 aromatic carbocycles. The first-order valence-electron chi connectivity index (χ1n) is 8.45. The van der Waals surface area contributed by atoms with Gasteiger partial charge >= 0.3 is 12.0 Å². The Balaban J connectivity index is 2.61. The highest BCUT2D eigenvalue weighted by atomic mass is 16.5. The first-order valence-corrected chi connectivity index (χ1v) is 8.45. The van der Waals surface area contributed by atoms with Crippen LogP contribution in [0.25, 0.3) is 0 Å². The highest BCUT2D eigenvalue weighted by Crippen LogP contribution is 2.08. The van der Waals surface area contributed by atoms with Crippen LogP contribution in [0.3, 0.4) is 0 Å². The minimum absolute atomic E-state index is 0.195. The Bertz CT molecular complexity index is 575. The molecule has 0 spiro atoms. The molecule has 0 bridgehead atoms. The molecule has 0 aliphatic rings.